The standard InChI is InChI=1S/C12H19N3O/c13-10-1-4-15-8-11(14-12(15)7-10)9-2-5-16-6-3-9/h8-10H,1-7,13H2. The van der Waals surface area contributed by atoms with Crippen LogP contribution in [0.15, 0.2) is 6.20 Å². The molecule has 88 valence electrons. The van der Waals surface area contributed by atoms with Crippen molar-refractivity contribution in [3.63, 3.8) is 0 Å². The van der Waals surface area contributed by atoms with Crippen LogP contribution in [0.1, 0.15) is 36.7 Å². The van der Waals surface area contributed by atoms with Gasteiger partial charge in [0, 0.05) is 44.3 Å². The molecule has 1 unspecified atom stereocenters. The second-order valence-corrected chi connectivity index (χ2v) is 4.91. The Labute approximate surface area is 95.8 Å². The first-order valence-corrected chi connectivity index (χ1v) is 6.22. The lowest BCUT2D eigenvalue weighted by Gasteiger charge is -2.19. The van der Waals surface area contributed by atoms with Crippen LogP contribution in [-0.4, -0.2) is 28.8 Å². The molecule has 1 fully saturated rings. The summed E-state index contributed by atoms with van der Waals surface area (Å²) in [5.41, 5.74) is 7.22. The number of imidazole rings is 1. The lowest BCUT2D eigenvalue weighted by atomic mass is 9.97. The number of fused-ring (bicyclic) bond motifs is 1. The summed E-state index contributed by atoms with van der Waals surface area (Å²) < 4.78 is 7.67. The predicted molar refractivity (Wildman–Crippen MR) is 61.3 cm³/mol. The van der Waals surface area contributed by atoms with E-state index in [4.69, 9.17) is 15.5 Å². The topological polar surface area (TPSA) is 53.1 Å². The van der Waals surface area contributed by atoms with Crippen molar-refractivity contribution in [1.82, 2.24) is 9.55 Å². The van der Waals surface area contributed by atoms with E-state index in [1.807, 2.05) is 0 Å². The molecule has 2 aliphatic rings. The highest BCUT2D eigenvalue weighted by molar-refractivity contribution is 5.12. The summed E-state index contributed by atoms with van der Waals surface area (Å²) in [5, 5.41) is 0. The zero-order valence-corrected chi connectivity index (χ0v) is 9.56. The van der Waals surface area contributed by atoms with Crippen LogP contribution in [0.5, 0.6) is 0 Å². The summed E-state index contributed by atoms with van der Waals surface area (Å²) in [5.74, 6) is 1.78. The summed E-state index contributed by atoms with van der Waals surface area (Å²) in [6.07, 6.45) is 6.47. The fourth-order valence-electron chi connectivity index (χ4n) is 2.66. The van der Waals surface area contributed by atoms with Crippen LogP contribution in [0.2, 0.25) is 0 Å². The van der Waals surface area contributed by atoms with Gasteiger partial charge in [0.05, 0.1) is 5.69 Å². The second kappa shape index (κ2) is 4.18. The van der Waals surface area contributed by atoms with Crippen LogP contribution in [-0.2, 0) is 17.7 Å². The molecule has 0 saturated carbocycles. The maximum absolute atomic E-state index is 5.96. The van der Waals surface area contributed by atoms with Crippen LogP contribution in [0.3, 0.4) is 0 Å². The van der Waals surface area contributed by atoms with Crippen molar-refractivity contribution in [2.75, 3.05) is 13.2 Å². The molecule has 4 heteroatoms. The van der Waals surface area contributed by atoms with Gasteiger partial charge in [-0.3, -0.25) is 0 Å². The van der Waals surface area contributed by atoms with Crippen LogP contribution in [0.4, 0.5) is 0 Å². The van der Waals surface area contributed by atoms with Gasteiger partial charge in [0.1, 0.15) is 5.82 Å². The molecule has 1 saturated heterocycles. The van der Waals surface area contributed by atoms with Crippen LogP contribution in [0.25, 0.3) is 0 Å². The van der Waals surface area contributed by atoms with Crippen molar-refractivity contribution in [2.24, 2.45) is 5.73 Å². The van der Waals surface area contributed by atoms with Crippen molar-refractivity contribution >= 4 is 0 Å². The number of rotatable bonds is 1. The zero-order valence-electron chi connectivity index (χ0n) is 9.56. The van der Waals surface area contributed by atoms with Crippen molar-refractivity contribution < 1.29 is 4.74 Å². The van der Waals surface area contributed by atoms with Crippen LogP contribution >= 0.6 is 0 Å². The Morgan fingerprint density at radius 1 is 1.31 bits per heavy atom. The Morgan fingerprint density at radius 3 is 2.94 bits per heavy atom. The van der Waals surface area contributed by atoms with Gasteiger partial charge >= 0.3 is 0 Å². The van der Waals surface area contributed by atoms with Gasteiger partial charge in [-0.1, -0.05) is 0 Å². The zero-order chi connectivity index (χ0) is 11.0. The predicted octanol–water partition coefficient (Wildman–Crippen LogP) is 1.05. The van der Waals surface area contributed by atoms with Gasteiger partial charge in [-0.2, -0.15) is 0 Å². The van der Waals surface area contributed by atoms with E-state index in [1.54, 1.807) is 0 Å². The average Bonchev–Trinajstić information content (AvgIpc) is 2.73. The van der Waals surface area contributed by atoms with Gasteiger partial charge < -0.3 is 15.0 Å². The van der Waals surface area contributed by atoms with Crippen LogP contribution < -0.4 is 5.73 Å². The molecule has 1 aromatic rings. The second-order valence-electron chi connectivity index (χ2n) is 4.91. The number of hydrogen-bond acceptors (Lipinski definition) is 3. The van der Waals surface area contributed by atoms with Crippen molar-refractivity contribution in [3.05, 3.63) is 17.7 Å². The van der Waals surface area contributed by atoms with Gasteiger partial charge in [0.2, 0.25) is 0 Å². The molecule has 1 aromatic heterocycles. The molecule has 2 N–H and O–H groups in total. The molecular weight excluding hydrogens is 202 g/mol. The first-order chi connectivity index (χ1) is 7.83. The maximum Gasteiger partial charge on any atom is 0.110 e. The molecule has 0 bridgehead atoms. The molecule has 0 aliphatic carbocycles. The van der Waals surface area contributed by atoms with E-state index < -0.39 is 0 Å². The highest BCUT2D eigenvalue weighted by Gasteiger charge is 2.23. The quantitative estimate of drug-likeness (QED) is 0.771. The Kier molecular flexibility index (Phi) is 2.69. The maximum atomic E-state index is 5.96. The third-order valence-corrected chi connectivity index (χ3v) is 3.70. The molecule has 0 aromatic carbocycles. The van der Waals surface area contributed by atoms with Crippen molar-refractivity contribution in [3.8, 4) is 0 Å². The first-order valence-electron chi connectivity index (χ1n) is 6.22. The summed E-state index contributed by atoms with van der Waals surface area (Å²) in [4.78, 5) is 4.75. The van der Waals surface area contributed by atoms with Gasteiger partial charge in [-0.05, 0) is 19.3 Å². The number of aryl methyl sites for hydroxylation is 1. The highest BCUT2D eigenvalue weighted by Crippen LogP contribution is 2.27. The monoisotopic (exact) mass is 221 g/mol. The molecule has 0 spiro atoms. The molecule has 3 rings (SSSR count). The van der Waals surface area contributed by atoms with Gasteiger partial charge in [-0.15, -0.1) is 0 Å². The SMILES string of the molecule is NC1CCn2cc(C3CCOCC3)nc2C1. The van der Waals surface area contributed by atoms with E-state index in [0.29, 0.717) is 12.0 Å². The minimum absolute atomic E-state index is 0.303. The van der Waals surface area contributed by atoms with Gasteiger partial charge in [-0.25, -0.2) is 4.98 Å². The van der Waals surface area contributed by atoms with E-state index in [2.05, 4.69) is 10.8 Å². The number of ether oxygens (including phenoxy) is 1. The summed E-state index contributed by atoms with van der Waals surface area (Å²) in [6, 6.07) is 0.303. The van der Waals surface area contributed by atoms with Crippen LogP contribution in [0, 0.1) is 0 Å². The average molecular weight is 221 g/mol. The van der Waals surface area contributed by atoms with Gasteiger partial charge in [0.25, 0.3) is 0 Å². The third kappa shape index (κ3) is 1.87. The first kappa shape index (κ1) is 10.3. The minimum Gasteiger partial charge on any atom is -0.381 e. The molecule has 0 radical (unpaired) electrons. The molecular formula is C12H19N3O. The number of nitrogens with two attached hydrogens (primary N) is 1. The number of nitrogens with zero attached hydrogens (tertiary/aromatic N) is 2. The summed E-state index contributed by atoms with van der Waals surface area (Å²) >= 11 is 0. The fourth-order valence-corrected chi connectivity index (χ4v) is 2.66. The minimum atomic E-state index is 0.303. The summed E-state index contributed by atoms with van der Waals surface area (Å²) in [6.45, 7) is 2.80. The van der Waals surface area contributed by atoms with Crippen molar-refractivity contribution in [1.29, 1.82) is 0 Å². The smallest absolute Gasteiger partial charge is 0.110 e. The van der Waals surface area contributed by atoms with E-state index in [-0.39, 0.29) is 0 Å². The lowest BCUT2D eigenvalue weighted by molar-refractivity contribution is 0.0845. The van der Waals surface area contributed by atoms with E-state index in [0.717, 1.165) is 45.4 Å². The molecule has 3 heterocycles. The molecule has 4 nitrogen and oxygen atoms in total. The fraction of sp³-hybridized carbons (Fsp3) is 0.750. The molecule has 0 amide bonds. The lowest BCUT2D eigenvalue weighted by Crippen LogP contribution is -2.30. The van der Waals surface area contributed by atoms with E-state index >= 15 is 0 Å². The van der Waals surface area contributed by atoms with E-state index in [1.165, 1.54) is 11.5 Å². The largest absolute Gasteiger partial charge is 0.381 e. The van der Waals surface area contributed by atoms with Gasteiger partial charge in [0.15, 0.2) is 0 Å². The Bertz CT molecular complexity index is 368. The normalized spacial score (nSPS) is 26.7. The Balaban J connectivity index is 1.80. The Morgan fingerprint density at radius 2 is 2.12 bits per heavy atom. The molecule has 16 heavy (non-hydrogen) atoms. The highest BCUT2D eigenvalue weighted by atomic mass is 16.5. The molecule has 2 aliphatic heterocycles. The molecule has 1 atom stereocenters. The van der Waals surface area contributed by atoms with Crippen molar-refractivity contribution in [2.45, 2.75) is 44.2 Å². The third-order valence-electron chi connectivity index (χ3n) is 3.70. The number of aromatic nitrogens is 2. The summed E-state index contributed by atoms with van der Waals surface area (Å²) in [7, 11) is 0. The Hall–Kier alpha value is -0.870. The van der Waals surface area contributed by atoms with E-state index in [9.17, 15) is 0 Å². The number of hydrogen-bond donors (Lipinski definition) is 1.